The number of fused-ring (bicyclic) bond motifs is 1. The van der Waals surface area contributed by atoms with Crippen molar-refractivity contribution in [2.45, 2.75) is 52.1 Å². The molecule has 0 amide bonds. The maximum atomic E-state index is 2.46. The van der Waals surface area contributed by atoms with Gasteiger partial charge in [0.05, 0.1) is 0 Å². The van der Waals surface area contributed by atoms with Gasteiger partial charge in [0, 0.05) is 0 Å². The number of hydrogen-bond donors (Lipinski definition) is 0. The minimum absolute atomic E-state index is 0. The van der Waals surface area contributed by atoms with Crippen LogP contribution in [-0.4, -0.2) is 8.92 Å². The van der Waals surface area contributed by atoms with E-state index in [2.05, 4.69) is 113 Å². The second kappa shape index (κ2) is 9.08. The van der Waals surface area contributed by atoms with Gasteiger partial charge < -0.3 is 24.8 Å². The van der Waals surface area contributed by atoms with Crippen LogP contribution in [0.25, 0.3) is 6.08 Å². The molecule has 0 aromatic heterocycles. The number of halogens is 2. The molecule has 0 aliphatic heterocycles. The molecule has 0 radical (unpaired) electrons. The van der Waals surface area contributed by atoms with E-state index in [1.807, 2.05) is 0 Å². The normalized spacial score (nSPS) is 17.1. The number of nitrogens with zero attached hydrogens (tertiary/aromatic N) is 1. The summed E-state index contributed by atoms with van der Waals surface area (Å²) >= 11 is 2.23. The van der Waals surface area contributed by atoms with Gasteiger partial charge in [0.2, 0.25) is 0 Å². The zero-order valence-corrected chi connectivity index (χ0v) is 19.1. The predicted octanol–water partition coefficient (Wildman–Crippen LogP) is -0.133. The minimum atomic E-state index is 0. The zero-order valence-electron chi connectivity index (χ0n) is 16.1. The fraction of sp³-hybridized carbons (Fsp3) is 0.364. The summed E-state index contributed by atoms with van der Waals surface area (Å²) in [7, 11) is 0. The molecule has 1 aliphatic carbocycles. The van der Waals surface area contributed by atoms with E-state index in [4.69, 9.17) is 0 Å². The summed E-state index contributed by atoms with van der Waals surface area (Å²) in [5, 5.41) is 0. The van der Waals surface area contributed by atoms with Gasteiger partial charge in [0.25, 0.3) is 0 Å². The van der Waals surface area contributed by atoms with E-state index in [1.54, 1.807) is 0 Å². The molecule has 0 N–H and O–H groups in total. The Kier molecular flexibility index (Phi) is 8.20. The Labute approximate surface area is 182 Å². The molecule has 0 saturated heterocycles. The van der Waals surface area contributed by atoms with Gasteiger partial charge in [-0.15, -0.1) is 0 Å². The second-order valence-electron chi connectivity index (χ2n) is 7.80. The van der Waals surface area contributed by atoms with Crippen LogP contribution in [0.2, 0.25) is 0 Å². The SMILES string of the molecule is CC1=Cc2ccccc2C1c1ccccc1C(C)[N]([Ti+2])C(C)(C)C.[Cl-].[Cl-]. The molecule has 0 bridgehead atoms. The fourth-order valence-corrected chi connectivity index (χ4v) is 3.98. The van der Waals surface area contributed by atoms with Crippen molar-refractivity contribution < 1.29 is 45.5 Å². The molecule has 1 aliphatic rings. The average Bonchev–Trinajstić information content (AvgIpc) is 2.88. The van der Waals surface area contributed by atoms with E-state index >= 15 is 0 Å². The molecule has 26 heavy (non-hydrogen) atoms. The molecule has 0 heterocycles. The van der Waals surface area contributed by atoms with Gasteiger partial charge in [-0.05, 0) is 0 Å². The van der Waals surface area contributed by atoms with Gasteiger partial charge >= 0.3 is 159 Å². The Morgan fingerprint density at radius 1 is 0.923 bits per heavy atom. The Morgan fingerprint density at radius 2 is 1.46 bits per heavy atom. The molecule has 0 fully saturated rings. The maximum Gasteiger partial charge on any atom is -1.00 e. The summed E-state index contributed by atoms with van der Waals surface area (Å²) in [6.45, 7) is 11.4. The van der Waals surface area contributed by atoms with Crippen LogP contribution in [-0.2, 0) is 20.7 Å². The summed E-state index contributed by atoms with van der Waals surface area (Å²) in [4.78, 5) is 0. The largest absolute Gasteiger partial charge is 1.00 e. The first-order valence-corrected chi connectivity index (χ1v) is 9.37. The van der Waals surface area contributed by atoms with E-state index in [0.717, 1.165) is 0 Å². The third-order valence-corrected chi connectivity index (χ3v) is 6.66. The molecule has 2 atom stereocenters. The summed E-state index contributed by atoms with van der Waals surface area (Å²) in [5.41, 5.74) is 7.27. The molecular formula is C22H26Cl2NTi. The number of allylic oxidation sites excluding steroid dienone is 1. The zero-order chi connectivity index (χ0) is 17.5. The monoisotopic (exact) mass is 422 g/mol. The molecule has 0 saturated carbocycles. The van der Waals surface area contributed by atoms with Crippen LogP contribution >= 0.6 is 0 Å². The molecular weight excluding hydrogens is 397 g/mol. The Morgan fingerprint density at radius 3 is 2.08 bits per heavy atom. The fourth-order valence-electron chi connectivity index (χ4n) is 3.77. The van der Waals surface area contributed by atoms with Crippen molar-refractivity contribution in [2.24, 2.45) is 0 Å². The van der Waals surface area contributed by atoms with Gasteiger partial charge in [-0.25, -0.2) is 0 Å². The molecule has 0 spiro atoms. The Bertz CT molecular complexity index is 780. The number of hydrogen-bond acceptors (Lipinski definition) is 1. The topological polar surface area (TPSA) is 3.24 Å². The molecule has 2 unspecified atom stereocenters. The first-order chi connectivity index (χ1) is 11.3. The minimum Gasteiger partial charge on any atom is -1.00 e. The summed E-state index contributed by atoms with van der Waals surface area (Å²) in [6, 6.07) is 18.1. The first kappa shape index (κ1) is 23.5. The van der Waals surface area contributed by atoms with Gasteiger partial charge in [0.15, 0.2) is 0 Å². The average molecular weight is 423 g/mol. The van der Waals surface area contributed by atoms with Crippen LogP contribution in [0.3, 0.4) is 0 Å². The molecule has 137 valence electrons. The van der Waals surface area contributed by atoms with E-state index < -0.39 is 0 Å². The Hall–Kier alpha value is -0.566. The summed E-state index contributed by atoms with van der Waals surface area (Å²) in [6.07, 6.45) is 2.34. The number of rotatable bonds is 3. The molecule has 2 aromatic rings. The predicted molar refractivity (Wildman–Crippen MR) is 98.4 cm³/mol. The standard InChI is InChI=1S/C22H26N.2ClH.Ti/c1-15-14-17-10-6-7-12-19(17)21(15)20-13-9-8-11-18(20)16(2)23-22(3,4)5;;;/h6-14,16,21H,1-5H3;2*1H;/q-1;;;+3/p-2. The summed E-state index contributed by atoms with van der Waals surface area (Å²) in [5.74, 6) is 0.383. The van der Waals surface area contributed by atoms with Crippen LogP contribution in [0.4, 0.5) is 0 Å². The van der Waals surface area contributed by atoms with E-state index in [9.17, 15) is 0 Å². The van der Waals surface area contributed by atoms with E-state index in [-0.39, 0.29) is 30.4 Å². The van der Waals surface area contributed by atoms with Crippen LogP contribution in [0.5, 0.6) is 0 Å². The molecule has 4 heteroatoms. The van der Waals surface area contributed by atoms with Gasteiger partial charge in [-0.2, -0.15) is 0 Å². The van der Waals surface area contributed by atoms with Crippen molar-refractivity contribution in [3.63, 3.8) is 0 Å². The first-order valence-electron chi connectivity index (χ1n) is 8.67. The maximum absolute atomic E-state index is 2.46. The third kappa shape index (κ3) is 4.46. The van der Waals surface area contributed by atoms with Gasteiger partial charge in [0.1, 0.15) is 0 Å². The van der Waals surface area contributed by atoms with Crippen LogP contribution < -0.4 is 24.8 Å². The van der Waals surface area contributed by atoms with Gasteiger partial charge in [-0.3, -0.25) is 0 Å². The van der Waals surface area contributed by atoms with Crippen molar-refractivity contribution in [1.29, 1.82) is 0 Å². The van der Waals surface area contributed by atoms with Crippen molar-refractivity contribution in [3.05, 3.63) is 76.4 Å². The summed E-state index contributed by atoms with van der Waals surface area (Å²) < 4.78 is 2.46. The number of benzene rings is 2. The van der Waals surface area contributed by atoms with Crippen LogP contribution in [0, 0.1) is 0 Å². The smallest absolute Gasteiger partial charge is 1.00 e. The van der Waals surface area contributed by atoms with E-state index in [0.29, 0.717) is 12.0 Å². The third-order valence-electron chi connectivity index (χ3n) is 5.01. The Balaban J connectivity index is 0.00000169. The van der Waals surface area contributed by atoms with Crippen molar-refractivity contribution in [1.82, 2.24) is 3.38 Å². The van der Waals surface area contributed by atoms with Crippen LogP contribution in [0.15, 0.2) is 54.1 Å². The molecule has 2 aromatic carbocycles. The van der Waals surface area contributed by atoms with Crippen LogP contribution in [0.1, 0.15) is 68.8 Å². The second-order valence-corrected chi connectivity index (χ2v) is 8.55. The van der Waals surface area contributed by atoms with Crippen molar-refractivity contribution >= 4 is 6.08 Å². The quantitative estimate of drug-likeness (QED) is 0.622. The van der Waals surface area contributed by atoms with Crippen molar-refractivity contribution in [2.75, 3.05) is 0 Å². The molecule has 1 nitrogen and oxygen atoms in total. The van der Waals surface area contributed by atoms with E-state index in [1.165, 1.54) is 27.8 Å². The molecule has 3 rings (SSSR count). The van der Waals surface area contributed by atoms with Crippen molar-refractivity contribution in [3.8, 4) is 0 Å². The van der Waals surface area contributed by atoms with Gasteiger partial charge in [-0.1, -0.05) is 0 Å².